The molecular formula is C15H26FIN6O2S. The van der Waals surface area contributed by atoms with Crippen LogP contribution in [0.3, 0.4) is 0 Å². The molecule has 11 heteroatoms. The van der Waals surface area contributed by atoms with Gasteiger partial charge in [-0.1, -0.05) is 0 Å². The lowest BCUT2D eigenvalue weighted by atomic mass is 10.3. The van der Waals surface area contributed by atoms with E-state index in [2.05, 4.69) is 25.3 Å². The summed E-state index contributed by atoms with van der Waals surface area (Å²) in [5.74, 6) is 0.684. The van der Waals surface area contributed by atoms with Crippen LogP contribution in [0, 0.1) is 5.82 Å². The van der Waals surface area contributed by atoms with Crippen molar-refractivity contribution in [2.45, 2.75) is 19.4 Å². The summed E-state index contributed by atoms with van der Waals surface area (Å²) < 4.78 is 39.0. The first-order valence-electron chi connectivity index (χ1n) is 8.25. The summed E-state index contributed by atoms with van der Waals surface area (Å²) in [6.45, 7) is 3.62. The van der Waals surface area contributed by atoms with Crippen LogP contribution in [0.4, 0.5) is 10.2 Å². The van der Waals surface area contributed by atoms with Gasteiger partial charge in [-0.15, -0.1) is 24.0 Å². The van der Waals surface area contributed by atoms with Crippen LogP contribution in [0.1, 0.15) is 13.3 Å². The zero-order valence-electron chi connectivity index (χ0n) is 14.9. The minimum atomic E-state index is -3.19. The molecule has 148 valence electrons. The fourth-order valence-corrected chi connectivity index (χ4v) is 3.18. The summed E-state index contributed by atoms with van der Waals surface area (Å²) in [6.07, 6.45) is 2.41. The topological polar surface area (TPSA) is 98.7 Å². The van der Waals surface area contributed by atoms with Crippen LogP contribution >= 0.6 is 24.0 Å². The molecular weight excluding hydrogens is 474 g/mol. The Balaban J connectivity index is 0.00000338. The van der Waals surface area contributed by atoms with Gasteiger partial charge in [-0.2, -0.15) is 0 Å². The molecule has 2 rings (SSSR count). The zero-order chi connectivity index (χ0) is 18.3. The number of rotatable bonds is 7. The second kappa shape index (κ2) is 10.8. The van der Waals surface area contributed by atoms with E-state index in [-0.39, 0.29) is 48.1 Å². The third-order valence-electron chi connectivity index (χ3n) is 3.91. The Kier molecular flexibility index (Phi) is 9.50. The van der Waals surface area contributed by atoms with E-state index in [4.69, 9.17) is 0 Å². The summed E-state index contributed by atoms with van der Waals surface area (Å²) in [6, 6.07) is 3.09. The maximum atomic E-state index is 13.8. The molecule has 1 atom stereocenters. The lowest BCUT2D eigenvalue weighted by Gasteiger charge is -2.20. The number of anilines is 1. The molecule has 0 aromatic carbocycles. The van der Waals surface area contributed by atoms with Gasteiger partial charge in [0.2, 0.25) is 10.0 Å². The van der Waals surface area contributed by atoms with Crippen molar-refractivity contribution < 1.29 is 12.8 Å². The monoisotopic (exact) mass is 500 g/mol. The standard InChI is InChI=1S/C15H25FN6O2S.HI/c1-3-25(23,24)20-9-8-19-15(17-2)21-12-6-10-22(11-12)14-13(16)5-4-7-18-14;/h4-5,7,12,20H,3,6,8-11H2,1-2H3,(H2,17,19,21);1H. The molecule has 8 nitrogen and oxygen atoms in total. The van der Waals surface area contributed by atoms with Gasteiger partial charge in [0, 0.05) is 45.5 Å². The van der Waals surface area contributed by atoms with E-state index < -0.39 is 10.0 Å². The lowest BCUT2D eigenvalue weighted by Crippen LogP contribution is -2.46. The summed E-state index contributed by atoms with van der Waals surface area (Å²) in [4.78, 5) is 10.1. The normalized spacial score (nSPS) is 17.7. The van der Waals surface area contributed by atoms with E-state index in [1.54, 1.807) is 26.2 Å². The van der Waals surface area contributed by atoms with E-state index in [9.17, 15) is 12.8 Å². The highest BCUT2D eigenvalue weighted by Crippen LogP contribution is 2.20. The number of aromatic nitrogens is 1. The number of hydrogen-bond acceptors (Lipinski definition) is 5. The van der Waals surface area contributed by atoms with Crippen molar-refractivity contribution in [2.75, 3.05) is 43.9 Å². The molecule has 26 heavy (non-hydrogen) atoms. The van der Waals surface area contributed by atoms with Crippen LogP contribution in [0.15, 0.2) is 23.3 Å². The van der Waals surface area contributed by atoms with Crippen molar-refractivity contribution in [2.24, 2.45) is 4.99 Å². The Bertz CT molecular complexity index is 703. The molecule has 0 bridgehead atoms. The van der Waals surface area contributed by atoms with Gasteiger partial charge in [0.05, 0.1) is 5.75 Å². The van der Waals surface area contributed by atoms with E-state index in [1.807, 2.05) is 4.90 Å². The van der Waals surface area contributed by atoms with Crippen molar-refractivity contribution in [3.05, 3.63) is 24.1 Å². The highest BCUT2D eigenvalue weighted by atomic mass is 127. The van der Waals surface area contributed by atoms with E-state index in [0.717, 1.165) is 6.42 Å². The first kappa shape index (κ1) is 22.8. The number of pyridine rings is 1. The third kappa shape index (κ3) is 6.83. The minimum absolute atomic E-state index is 0. The Labute approximate surface area is 171 Å². The second-order valence-electron chi connectivity index (χ2n) is 5.68. The largest absolute Gasteiger partial charge is 0.355 e. The van der Waals surface area contributed by atoms with Gasteiger partial charge in [0.25, 0.3) is 0 Å². The number of sulfonamides is 1. The van der Waals surface area contributed by atoms with Gasteiger partial charge >= 0.3 is 0 Å². The molecule has 1 unspecified atom stereocenters. The molecule has 0 saturated carbocycles. The van der Waals surface area contributed by atoms with Crippen molar-refractivity contribution in [1.82, 2.24) is 20.3 Å². The average Bonchev–Trinajstić information content (AvgIpc) is 3.06. The molecule has 1 aromatic heterocycles. The van der Waals surface area contributed by atoms with Crippen LogP contribution < -0.4 is 20.3 Å². The Morgan fingerprint density at radius 2 is 2.23 bits per heavy atom. The molecule has 1 saturated heterocycles. The molecule has 0 aliphatic carbocycles. The van der Waals surface area contributed by atoms with Crippen molar-refractivity contribution >= 4 is 45.8 Å². The van der Waals surface area contributed by atoms with Crippen LogP contribution in [0.25, 0.3) is 0 Å². The van der Waals surface area contributed by atoms with E-state index in [1.165, 1.54) is 6.07 Å². The van der Waals surface area contributed by atoms with Crippen LogP contribution in [-0.4, -0.2) is 64.4 Å². The minimum Gasteiger partial charge on any atom is -0.355 e. The quantitative estimate of drug-likeness (QED) is 0.219. The smallest absolute Gasteiger partial charge is 0.211 e. The molecule has 1 aliphatic heterocycles. The molecule has 3 N–H and O–H groups in total. The van der Waals surface area contributed by atoms with Gasteiger partial charge in [0.1, 0.15) is 0 Å². The Morgan fingerprint density at radius 1 is 1.46 bits per heavy atom. The van der Waals surface area contributed by atoms with E-state index >= 15 is 0 Å². The summed E-state index contributed by atoms with van der Waals surface area (Å²) in [5.41, 5.74) is 0. The molecule has 0 spiro atoms. The predicted molar refractivity (Wildman–Crippen MR) is 112 cm³/mol. The lowest BCUT2D eigenvalue weighted by molar-refractivity contribution is 0.581. The first-order chi connectivity index (χ1) is 11.9. The molecule has 2 heterocycles. The number of nitrogens with zero attached hydrogens (tertiary/aromatic N) is 3. The van der Waals surface area contributed by atoms with Gasteiger partial charge < -0.3 is 15.5 Å². The summed E-state index contributed by atoms with van der Waals surface area (Å²) in [5, 5.41) is 6.33. The number of guanidine groups is 1. The molecule has 1 fully saturated rings. The third-order valence-corrected chi connectivity index (χ3v) is 5.31. The second-order valence-corrected chi connectivity index (χ2v) is 7.78. The fraction of sp³-hybridized carbons (Fsp3) is 0.600. The van der Waals surface area contributed by atoms with Crippen LogP contribution in [-0.2, 0) is 10.0 Å². The van der Waals surface area contributed by atoms with E-state index in [0.29, 0.717) is 31.4 Å². The number of halogens is 2. The highest BCUT2D eigenvalue weighted by Gasteiger charge is 2.25. The predicted octanol–water partition coefficient (Wildman–Crippen LogP) is 0.522. The van der Waals surface area contributed by atoms with Gasteiger partial charge in [-0.25, -0.2) is 22.5 Å². The van der Waals surface area contributed by atoms with Crippen LogP contribution in [0.2, 0.25) is 0 Å². The number of nitrogens with one attached hydrogen (secondary N) is 3. The zero-order valence-corrected chi connectivity index (χ0v) is 18.1. The average molecular weight is 500 g/mol. The number of hydrogen-bond donors (Lipinski definition) is 3. The summed E-state index contributed by atoms with van der Waals surface area (Å²) >= 11 is 0. The number of aliphatic imine (C=N–C) groups is 1. The Morgan fingerprint density at radius 3 is 2.88 bits per heavy atom. The van der Waals surface area contributed by atoms with Gasteiger partial charge in [0.15, 0.2) is 17.6 Å². The van der Waals surface area contributed by atoms with Crippen molar-refractivity contribution in [3.8, 4) is 0 Å². The van der Waals surface area contributed by atoms with Gasteiger partial charge in [-0.05, 0) is 25.5 Å². The van der Waals surface area contributed by atoms with Crippen LogP contribution in [0.5, 0.6) is 0 Å². The maximum Gasteiger partial charge on any atom is 0.211 e. The summed E-state index contributed by atoms with van der Waals surface area (Å²) in [7, 11) is -1.54. The molecule has 1 aromatic rings. The Hall–Kier alpha value is -1.21. The van der Waals surface area contributed by atoms with Crippen molar-refractivity contribution in [1.29, 1.82) is 0 Å². The first-order valence-corrected chi connectivity index (χ1v) is 9.90. The fourth-order valence-electron chi connectivity index (χ4n) is 2.56. The van der Waals surface area contributed by atoms with Gasteiger partial charge in [-0.3, -0.25) is 4.99 Å². The molecule has 0 amide bonds. The van der Waals surface area contributed by atoms with Crippen molar-refractivity contribution in [3.63, 3.8) is 0 Å². The molecule has 0 radical (unpaired) electrons. The highest BCUT2D eigenvalue weighted by molar-refractivity contribution is 14.0. The molecule has 1 aliphatic rings. The maximum absolute atomic E-state index is 13.8. The SMILES string of the molecule is CCS(=O)(=O)NCCNC(=NC)NC1CCN(c2ncccc2F)C1.I.